The third-order valence-corrected chi connectivity index (χ3v) is 5.64. The highest BCUT2D eigenvalue weighted by molar-refractivity contribution is 4.93. The summed E-state index contributed by atoms with van der Waals surface area (Å²) in [5.41, 5.74) is 0. The number of hydrogen-bond donors (Lipinski definition) is 1. The Hall–Kier alpha value is -0.0800. The van der Waals surface area contributed by atoms with E-state index < -0.39 is 0 Å². The Labute approximate surface area is 126 Å². The number of hydrogen-bond acceptors (Lipinski definition) is 2. The zero-order chi connectivity index (χ0) is 14.4. The van der Waals surface area contributed by atoms with E-state index in [2.05, 4.69) is 31.0 Å². The Bertz CT molecular complexity index is 266. The molecular weight excluding hydrogens is 244 g/mol. The van der Waals surface area contributed by atoms with Crippen molar-refractivity contribution in [1.29, 1.82) is 0 Å². The summed E-state index contributed by atoms with van der Waals surface area (Å²) in [7, 11) is 0. The molecule has 1 N–H and O–H groups in total. The maximum Gasteiger partial charge on any atom is 0.0252 e. The van der Waals surface area contributed by atoms with Gasteiger partial charge in [-0.1, -0.05) is 33.6 Å². The lowest BCUT2D eigenvalue weighted by atomic mass is 9.80. The van der Waals surface area contributed by atoms with E-state index in [9.17, 15) is 0 Å². The van der Waals surface area contributed by atoms with E-state index in [1.54, 1.807) is 0 Å². The molecule has 2 fully saturated rings. The normalized spacial score (nSPS) is 35.5. The smallest absolute Gasteiger partial charge is 0.0252 e. The molecule has 118 valence electrons. The maximum atomic E-state index is 3.85. The van der Waals surface area contributed by atoms with Gasteiger partial charge in [-0.05, 0) is 63.5 Å². The van der Waals surface area contributed by atoms with Gasteiger partial charge in [0.15, 0.2) is 0 Å². The van der Waals surface area contributed by atoms with Crippen LogP contribution in [0.1, 0.15) is 72.1 Å². The summed E-state index contributed by atoms with van der Waals surface area (Å²) >= 11 is 0. The van der Waals surface area contributed by atoms with Crippen LogP contribution in [-0.2, 0) is 0 Å². The Morgan fingerprint density at radius 1 is 1.00 bits per heavy atom. The average Bonchev–Trinajstić information content (AvgIpc) is 2.94. The fraction of sp³-hybridized carbons (Fsp3) is 1.00. The quantitative estimate of drug-likeness (QED) is 0.756. The van der Waals surface area contributed by atoms with Crippen molar-refractivity contribution < 1.29 is 0 Å². The van der Waals surface area contributed by atoms with Gasteiger partial charge in [-0.3, -0.25) is 4.90 Å². The second-order valence-electron chi connectivity index (χ2n) is 7.15. The molecule has 20 heavy (non-hydrogen) atoms. The molecule has 4 atom stereocenters. The standard InChI is InChI=1S/C18H36N2/c1-4-7-16-10-12-20(14-16)18-13-15(6-3)8-9-17(18)19-11-5-2/h15-19H,4-14H2,1-3H3. The Morgan fingerprint density at radius 3 is 2.55 bits per heavy atom. The molecule has 1 aliphatic heterocycles. The first kappa shape index (κ1) is 16.3. The van der Waals surface area contributed by atoms with Gasteiger partial charge in [-0.15, -0.1) is 0 Å². The van der Waals surface area contributed by atoms with Crippen molar-refractivity contribution in [2.24, 2.45) is 11.8 Å². The van der Waals surface area contributed by atoms with E-state index in [0.717, 1.165) is 23.9 Å². The van der Waals surface area contributed by atoms with Gasteiger partial charge in [0.1, 0.15) is 0 Å². The van der Waals surface area contributed by atoms with Gasteiger partial charge in [0, 0.05) is 18.6 Å². The van der Waals surface area contributed by atoms with Gasteiger partial charge < -0.3 is 5.32 Å². The van der Waals surface area contributed by atoms with Crippen LogP contribution in [0.4, 0.5) is 0 Å². The van der Waals surface area contributed by atoms with Crippen molar-refractivity contribution in [3.63, 3.8) is 0 Å². The van der Waals surface area contributed by atoms with Gasteiger partial charge in [0.25, 0.3) is 0 Å². The van der Waals surface area contributed by atoms with E-state index >= 15 is 0 Å². The van der Waals surface area contributed by atoms with Crippen molar-refractivity contribution in [2.45, 2.75) is 84.2 Å². The van der Waals surface area contributed by atoms with Crippen molar-refractivity contribution >= 4 is 0 Å². The lowest BCUT2D eigenvalue weighted by molar-refractivity contribution is 0.113. The Morgan fingerprint density at radius 2 is 1.85 bits per heavy atom. The largest absolute Gasteiger partial charge is 0.312 e. The minimum absolute atomic E-state index is 0.762. The first-order valence-corrected chi connectivity index (χ1v) is 9.25. The van der Waals surface area contributed by atoms with Crippen LogP contribution >= 0.6 is 0 Å². The minimum Gasteiger partial charge on any atom is -0.312 e. The van der Waals surface area contributed by atoms with Crippen LogP contribution in [0.25, 0.3) is 0 Å². The van der Waals surface area contributed by atoms with Crippen molar-refractivity contribution in [2.75, 3.05) is 19.6 Å². The molecule has 0 spiro atoms. The number of nitrogens with one attached hydrogen (secondary N) is 1. The molecule has 1 aliphatic carbocycles. The molecule has 1 saturated carbocycles. The zero-order valence-electron chi connectivity index (χ0n) is 14.0. The second kappa shape index (κ2) is 8.38. The van der Waals surface area contributed by atoms with Crippen LogP contribution in [-0.4, -0.2) is 36.6 Å². The van der Waals surface area contributed by atoms with Crippen LogP contribution in [0, 0.1) is 11.8 Å². The molecule has 0 amide bonds. The van der Waals surface area contributed by atoms with Crippen molar-refractivity contribution in [3.05, 3.63) is 0 Å². The topological polar surface area (TPSA) is 15.3 Å². The SMILES string of the molecule is CCCNC1CCC(CC)CC1N1CCC(CCC)C1. The molecule has 1 saturated heterocycles. The number of nitrogens with zero attached hydrogens (tertiary/aromatic N) is 1. The van der Waals surface area contributed by atoms with Crippen LogP contribution in [0.15, 0.2) is 0 Å². The highest BCUT2D eigenvalue weighted by Crippen LogP contribution is 2.33. The summed E-state index contributed by atoms with van der Waals surface area (Å²) in [5.74, 6) is 1.96. The third kappa shape index (κ3) is 4.21. The van der Waals surface area contributed by atoms with E-state index in [1.807, 2.05) is 0 Å². The summed E-state index contributed by atoms with van der Waals surface area (Å²) in [5, 5.41) is 3.85. The van der Waals surface area contributed by atoms with Crippen molar-refractivity contribution in [3.8, 4) is 0 Å². The highest BCUT2D eigenvalue weighted by Gasteiger charge is 2.36. The second-order valence-corrected chi connectivity index (χ2v) is 7.15. The van der Waals surface area contributed by atoms with E-state index in [4.69, 9.17) is 0 Å². The van der Waals surface area contributed by atoms with Crippen LogP contribution in [0.2, 0.25) is 0 Å². The monoisotopic (exact) mass is 280 g/mol. The summed E-state index contributed by atoms with van der Waals surface area (Å²) in [6, 6.07) is 1.58. The lowest BCUT2D eigenvalue weighted by Gasteiger charge is -2.42. The van der Waals surface area contributed by atoms with Gasteiger partial charge in [-0.2, -0.15) is 0 Å². The summed E-state index contributed by atoms with van der Waals surface area (Å²) in [6.45, 7) is 10.9. The minimum atomic E-state index is 0.762. The van der Waals surface area contributed by atoms with Gasteiger partial charge >= 0.3 is 0 Å². The number of likely N-dealkylation sites (tertiary alicyclic amines) is 1. The molecule has 2 nitrogen and oxygen atoms in total. The predicted molar refractivity (Wildman–Crippen MR) is 88.1 cm³/mol. The maximum absolute atomic E-state index is 3.85. The summed E-state index contributed by atoms with van der Waals surface area (Å²) in [4.78, 5) is 2.84. The molecule has 2 rings (SSSR count). The van der Waals surface area contributed by atoms with E-state index in [0.29, 0.717) is 0 Å². The fourth-order valence-electron chi connectivity index (χ4n) is 4.38. The highest BCUT2D eigenvalue weighted by atomic mass is 15.2. The fourth-order valence-corrected chi connectivity index (χ4v) is 4.38. The molecular formula is C18H36N2. The molecule has 0 aromatic carbocycles. The van der Waals surface area contributed by atoms with Gasteiger partial charge in [0.05, 0.1) is 0 Å². The lowest BCUT2D eigenvalue weighted by Crippen LogP contribution is -2.52. The Kier molecular flexibility index (Phi) is 6.83. The van der Waals surface area contributed by atoms with Gasteiger partial charge in [-0.25, -0.2) is 0 Å². The average molecular weight is 280 g/mol. The molecule has 2 aliphatic rings. The molecule has 1 heterocycles. The molecule has 0 aromatic rings. The third-order valence-electron chi connectivity index (χ3n) is 5.64. The molecule has 0 bridgehead atoms. The Balaban J connectivity index is 1.92. The first-order chi connectivity index (χ1) is 9.78. The molecule has 0 radical (unpaired) electrons. The summed E-state index contributed by atoms with van der Waals surface area (Å²) in [6.07, 6.45) is 11.2. The predicted octanol–water partition coefficient (Wildman–Crippen LogP) is 4.06. The zero-order valence-corrected chi connectivity index (χ0v) is 14.0. The van der Waals surface area contributed by atoms with Crippen LogP contribution in [0.5, 0.6) is 0 Å². The summed E-state index contributed by atoms with van der Waals surface area (Å²) < 4.78 is 0. The van der Waals surface area contributed by atoms with E-state index in [1.165, 1.54) is 71.0 Å². The van der Waals surface area contributed by atoms with Crippen LogP contribution in [0.3, 0.4) is 0 Å². The number of rotatable bonds is 7. The van der Waals surface area contributed by atoms with E-state index in [-0.39, 0.29) is 0 Å². The first-order valence-electron chi connectivity index (χ1n) is 9.25. The molecule has 2 heteroatoms. The van der Waals surface area contributed by atoms with Crippen molar-refractivity contribution in [1.82, 2.24) is 10.2 Å². The van der Waals surface area contributed by atoms with Crippen LogP contribution < -0.4 is 5.32 Å². The molecule has 0 aromatic heterocycles. The molecule has 4 unspecified atom stereocenters. The van der Waals surface area contributed by atoms with Gasteiger partial charge in [0.2, 0.25) is 0 Å².